The summed E-state index contributed by atoms with van der Waals surface area (Å²) < 4.78 is 9.83. The molecule has 0 unspecified atom stereocenters. The van der Waals surface area contributed by atoms with E-state index in [0.717, 1.165) is 44.2 Å². The topological polar surface area (TPSA) is 78.1 Å². The van der Waals surface area contributed by atoms with Crippen molar-refractivity contribution in [2.45, 2.75) is 44.9 Å². The van der Waals surface area contributed by atoms with Gasteiger partial charge in [0.2, 0.25) is 11.7 Å². The van der Waals surface area contributed by atoms with Crippen LogP contribution in [0.4, 0.5) is 0 Å². The highest BCUT2D eigenvalue weighted by molar-refractivity contribution is 5.68. The SMILES string of the molecule is COC(=O)CCCCCCCc1nc(-c2ccccn2)no1. The Kier molecular flexibility index (Phi) is 6.54. The highest BCUT2D eigenvalue weighted by Gasteiger charge is 2.08. The van der Waals surface area contributed by atoms with E-state index in [1.807, 2.05) is 18.2 Å². The van der Waals surface area contributed by atoms with Gasteiger partial charge in [-0.1, -0.05) is 30.5 Å². The van der Waals surface area contributed by atoms with Gasteiger partial charge in [-0.15, -0.1) is 0 Å². The highest BCUT2D eigenvalue weighted by Crippen LogP contribution is 2.14. The van der Waals surface area contributed by atoms with Gasteiger partial charge >= 0.3 is 5.97 Å². The number of pyridine rings is 1. The standard InChI is InChI=1S/C16H21N3O3/c1-21-15(20)11-6-4-2-3-5-10-14-18-16(19-22-14)13-9-7-8-12-17-13/h7-9,12H,2-6,10-11H2,1H3. The summed E-state index contributed by atoms with van der Waals surface area (Å²) in [6, 6.07) is 5.60. The van der Waals surface area contributed by atoms with Crippen molar-refractivity contribution in [3.63, 3.8) is 0 Å². The Morgan fingerprint density at radius 2 is 2.00 bits per heavy atom. The van der Waals surface area contributed by atoms with E-state index >= 15 is 0 Å². The molecule has 2 aromatic heterocycles. The Bertz CT molecular complexity index is 569. The van der Waals surface area contributed by atoms with Gasteiger partial charge in [-0.2, -0.15) is 4.98 Å². The van der Waals surface area contributed by atoms with Crippen molar-refractivity contribution < 1.29 is 14.1 Å². The molecule has 2 aromatic rings. The number of hydrogen-bond donors (Lipinski definition) is 0. The molecule has 0 aliphatic rings. The lowest BCUT2D eigenvalue weighted by molar-refractivity contribution is -0.140. The lowest BCUT2D eigenvalue weighted by Gasteiger charge is -2.00. The number of hydrogen-bond acceptors (Lipinski definition) is 6. The van der Waals surface area contributed by atoms with Crippen LogP contribution in [0.2, 0.25) is 0 Å². The minimum absolute atomic E-state index is 0.132. The minimum atomic E-state index is -0.132. The molecule has 0 aliphatic heterocycles. The molecule has 0 amide bonds. The molecule has 6 heteroatoms. The van der Waals surface area contributed by atoms with Crippen molar-refractivity contribution in [1.82, 2.24) is 15.1 Å². The molecular formula is C16H21N3O3. The molecule has 0 aromatic carbocycles. The van der Waals surface area contributed by atoms with Crippen LogP contribution < -0.4 is 0 Å². The molecule has 22 heavy (non-hydrogen) atoms. The number of carbonyl (C=O) groups excluding carboxylic acids is 1. The van der Waals surface area contributed by atoms with Gasteiger partial charge in [0.1, 0.15) is 5.69 Å². The fourth-order valence-corrected chi connectivity index (χ4v) is 2.13. The van der Waals surface area contributed by atoms with E-state index in [0.29, 0.717) is 18.1 Å². The third kappa shape index (κ3) is 5.27. The van der Waals surface area contributed by atoms with Crippen molar-refractivity contribution in [2.24, 2.45) is 0 Å². The first kappa shape index (κ1) is 16.1. The zero-order valence-corrected chi connectivity index (χ0v) is 12.8. The summed E-state index contributed by atoms with van der Waals surface area (Å²) in [5.41, 5.74) is 0.723. The van der Waals surface area contributed by atoms with E-state index in [9.17, 15) is 4.79 Å². The second-order valence-corrected chi connectivity index (χ2v) is 5.07. The molecular weight excluding hydrogens is 282 g/mol. The van der Waals surface area contributed by atoms with Gasteiger partial charge in [0.05, 0.1) is 7.11 Å². The summed E-state index contributed by atoms with van der Waals surface area (Å²) in [6.07, 6.45) is 8.10. The average molecular weight is 303 g/mol. The Morgan fingerprint density at radius 3 is 2.77 bits per heavy atom. The Labute approximate surface area is 129 Å². The third-order valence-electron chi connectivity index (χ3n) is 3.36. The molecule has 0 spiro atoms. The number of carbonyl (C=O) groups is 1. The number of unbranched alkanes of at least 4 members (excludes halogenated alkanes) is 4. The quantitative estimate of drug-likeness (QED) is 0.523. The Morgan fingerprint density at radius 1 is 1.18 bits per heavy atom. The second-order valence-electron chi connectivity index (χ2n) is 5.07. The van der Waals surface area contributed by atoms with Gasteiger partial charge in [-0.25, -0.2) is 0 Å². The Balaban J connectivity index is 1.62. The van der Waals surface area contributed by atoms with Crippen molar-refractivity contribution in [2.75, 3.05) is 7.11 Å². The van der Waals surface area contributed by atoms with E-state index in [1.165, 1.54) is 7.11 Å². The van der Waals surface area contributed by atoms with Crippen LogP contribution in [-0.4, -0.2) is 28.2 Å². The zero-order valence-electron chi connectivity index (χ0n) is 12.8. The summed E-state index contributed by atoms with van der Waals surface area (Å²) in [5.74, 6) is 1.05. The molecule has 0 radical (unpaired) electrons. The average Bonchev–Trinajstić information content (AvgIpc) is 3.03. The molecule has 118 valence electrons. The molecule has 0 atom stereocenters. The van der Waals surface area contributed by atoms with Gasteiger partial charge < -0.3 is 9.26 Å². The number of ether oxygens (including phenoxy) is 1. The van der Waals surface area contributed by atoms with Gasteiger partial charge in [0, 0.05) is 19.0 Å². The first-order chi connectivity index (χ1) is 10.8. The van der Waals surface area contributed by atoms with Gasteiger partial charge in [0.25, 0.3) is 0 Å². The minimum Gasteiger partial charge on any atom is -0.469 e. The second kappa shape index (κ2) is 8.92. The van der Waals surface area contributed by atoms with E-state index in [4.69, 9.17) is 4.52 Å². The maximum absolute atomic E-state index is 11.0. The normalized spacial score (nSPS) is 10.6. The van der Waals surface area contributed by atoms with Crippen LogP contribution >= 0.6 is 0 Å². The first-order valence-electron chi connectivity index (χ1n) is 7.60. The summed E-state index contributed by atoms with van der Waals surface area (Å²) in [4.78, 5) is 19.5. The summed E-state index contributed by atoms with van der Waals surface area (Å²) in [5, 5.41) is 3.94. The Hall–Kier alpha value is -2.24. The van der Waals surface area contributed by atoms with Crippen LogP contribution in [0.3, 0.4) is 0 Å². The molecule has 2 rings (SSSR count). The lowest BCUT2D eigenvalue weighted by atomic mass is 10.1. The smallest absolute Gasteiger partial charge is 0.305 e. The fourth-order valence-electron chi connectivity index (χ4n) is 2.13. The van der Waals surface area contributed by atoms with Crippen LogP contribution in [0.15, 0.2) is 28.9 Å². The number of methoxy groups -OCH3 is 1. The highest BCUT2D eigenvalue weighted by atomic mass is 16.5. The van der Waals surface area contributed by atoms with Crippen LogP contribution in [-0.2, 0) is 16.0 Å². The predicted octanol–water partition coefficient (Wildman–Crippen LogP) is 3.19. The first-order valence-corrected chi connectivity index (χ1v) is 7.60. The molecule has 0 saturated heterocycles. The van der Waals surface area contributed by atoms with E-state index < -0.39 is 0 Å². The lowest BCUT2D eigenvalue weighted by Crippen LogP contribution is -1.99. The number of esters is 1. The van der Waals surface area contributed by atoms with Gasteiger partial charge in [0.15, 0.2) is 0 Å². The molecule has 2 heterocycles. The molecule has 6 nitrogen and oxygen atoms in total. The predicted molar refractivity (Wildman–Crippen MR) is 81.0 cm³/mol. The molecule has 0 saturated carbocycles. The van der Waals surface area contributed by atoms with Gasteiger partial charge in [-0.3, -0.25) is 9.78 Å². The number of nitrogens with zero attached hydrogens (tertiary/aromatic N) is 3. The number of rotatable bonds is 9. The van der Waals surface area contributed by atoms with E-state index in [2.05, 4.69) is 19.9 Å². The van der Waals surface area contributed by atoms with Crippen molar-refractivity contribution >= 4 is 5.97 Å². The van der Waals surface area contributed by atoms with E-state index in [-0.39, 0.29) is 5.97 Å². The zero-order chi connectivity index (χ0) is 15.6. The van der Waals surface area contributed by atoms with Crippen LogP contribution in [0.5, 0.6) is 0 Å². The molecule has 0 bridgehead atoms. The number of aromatic nitrogens is 3. The molecule has 0 N–H and O–H groups in total. The largest absolute Gasteiger partial charge is 0.469 e. The summed E-state index contributed by atoms with van der Waals surface area (Å²) >= 11 is 0. The maximum atomic E-state index is 11.0. The maximum Gasteiger partial charge on any atom is 0.305 e. The van der Waals surface area contributed by atoms with Crippen LogP contribution in [0.25, 0.3) is 11.5 Å². The molecule has 0 fully saturated rings. The van der Waals surface area contributed by atoms with Crippen molar-refractivity contribution in [3.05, 3.63) is 30.3 Å². The fraction of sp³-hybridized carbons (Fsp3) is 0.500. The van der Waals surface area contributed by atoms with Crippen molar-refractivity contribution in [3.8, 4) is 11.5 Å². The van der Waals surface area contributed by atoms with E-state index in [1.54, 1.807) is 6.20 Å². The number of aryl methyl sites for hydroxylation is 1. The summed E-state index contributed by atoms with van der Waals surface area (Å²) in [6.45, 7) is 0. The monoisotopic (exact) mass is 303 g/mol. The molecule has 0 aliphatic carbocycles. The summed E-state index contributed by atoms with van der Waals surface area (Å²) in [7, 11) is 1.42. The van der Waals surface area contributed by atoms with Crippen LogP contribution in [0.1, 0.15) is 44.4 Å². The van der Waals surface area contributed by atoms with Gasteiger partial charge in [-0.05, 0) is 25.0 Å². The van der Waals surface area contributed by atoms with Crippen LogP contribution in [0, 0.1) is 0 Å². The third-order valence-corrected chi connectivity index (χ3v) is 3.36. The van der Waals surface area contributed by atoms with Crippen molar-refractivity contribution in [1.29, 1.82) is 0 Å².